The van der Waals surface area contributed by atoms with Crippen molar-refractivity contribution in [2.24, 2.45) is 5.92 Å². The van der Waals surface area contributed by atoms with Crippen molar-refractivity contribution in [3.8, 4) is 28.4 Å². The number of carbonyl (C=O) groups is 1. The van der Waals surface area contributed by atoms with E-state index in [0.717, 1.165) is 47.6 Å². The first kappa shape index (κ1) is 21.3. The molecule has 2 aliphatic heterocycles. The summed E-state index contributed by atoms with van der Waals surface area (Å²) in [5, 5.41) is 9.90. The van der Waals surface area contributed by atoms with Crippen molar-refractivity contribution >= 4 is 11.6 Å². The van der Waals surface area contributed by atoms with Crippen LogP contribution < -0.4 is 19.5 Å². The van der Waals surface area contributed by atoms with Gasteiger partial charge in [-0.3, -0.25) is 9.89 Å². The van der Waals surface area contributed by atoms with Crippen molar-refractivity contribution in [2.75, 3.05) is 32.2 Å². The second kappa shape index (κ2) is 9.54. The number of hydrogen-bond acceptors (Lipinski definition) is 6. The fourth-order valence-electron chi connectivity index (χ4n) is 4.19. The van der Waals surface area contributed by atoms with Gasteiger partial charge in [-0.2, -0.15) is 5.10 Å². The maximum atomic E-state index is 13.1. The highest BCUT2D eigenvalue weighted by atomic mass is 16.5. The van der Waals surface area contributed by atoms with Gasteiger partial charge in [-0.05, 0) is 60.7 Å². The molecule has 1 aromatic heterocycles. The predicted octanol–water partition coefficient (Wildman–Crippen LogP) is 3.83. The Balaban J connectivity index is 1.33. The Hall–Kier alpha value is -3.52. The zero-order chi connectivity index (χ0) is 22.6. The molecule has 172 valence electrons. The van der Waals surface area contributed by atoms with Crippen molar-refractivity contribution in [1.82, 2.24) is 10.2 Å². The molecule has 1 amide bonds. The SMILES string of the molecule is COc1ccc2c(c1)CC(C(=O)Nc1ccc(-c3cn[nH]c3)cc1OCC1CCCO1)CO2. The number of ether oxygens (including phenoxy) is 4. The Bertz CT molecular complexity index is 1110. The van der Waals surface area contributed by atoms with E-state index in [0.29, 0.717) is 31.1 Å². The zero-order valence-electron chi connectivity index (χ0n) is 18.5. The van der Waals surface area contributed by atoms with E-state index in [4.69, 9.17) is 18.9 Å². The van der Waals surface area contributed by atoms with Crippen molar-refractivity contribution < 1.29 is 23.7 Å². The quantitative estimate of drug-likeness (QED) is 0.569. The zero-order valence-corrected chi connectivity index (χ0v) is 18.5. The van der Waals surface area contributed by atoms with Crippen LogP contribution in [0.5, 0.6) is 17.2 Å². The number of anilines is 1. The number of methoxy groups -OCH3 is 1. The highest BCUT2D eigenvalue weighted by Crippen LogP contribution is 2.34. The van der Waals surface area contributed by atoms with E-state index in [-0.39, 0.29) is 17.9 Å². The third kappa shape index (κ3) is 4.80. The first-order valence-corrected chi connectivity index (χ1v) is 11.2. The van der Waals surface area contributed by atoms with Crippen LogP contribution in [0.3, 0.4) is 0 Å². The number of benzene rings is 2. The van der Waals surface area contributed by atoms with Crippen molar-refractivity contribution in [3.05, 3.63) is 54.4 Å². The topological polar surface area (TPSA) is 94.7 Å². The highest BCUT2D eigenvalue weighted by Gasteiger charge is 2.27. The van der Waals surface area contributed by atoms with E-state index < -0.39 is 0 Å². The number of nitrogens with one attached hydrogen (secondary N) is 2. The Kier molecular flexibility index (Phi) is 6.17. The monoisotopic (exact) mass is 449 g/mol. The molecule has 0 radical (unpaired) electrons. The van der Waals surface area contributed by atoms with Crippen LogP contribution in [-0.4, -0.2) is 49.1 Å². The molecule has 1 fully saturated rings. The van der Waals surface area contributed by atoms with E-state index in [1.165, 1.54) is 0 Å². The summed E-state index contributed by atoms with van der Waals surface area (Å²) in [5.41, 5.74) is 3.49. The number of hydrogen-bond donors (Lipinski definition) is 2. The number of H-pyrrole nitrogens is 1. The first-order chi connectivity index (χ1) is 16.2. The Morgan fingerprint density at radius 2 is 2.18 bits per heavy atom. The van der Waals surface area contributed by atoms with Crippen molar-refractivity contribution in [1.29, 1.82) is 0 Å². The smallest absolute Gasteiger partial charge is 0.231 e. The van der Waals surface area contributed by atoms with Gasteiger partial charge in [0, 0.05) is 18.4 Å². The molecule has 0 bridgehead atoms. The van der Waals surface area contributed by atoms with Gasteiger partial charge in [0.1, 0.15) is 30.5 Å². The summed E-state index contributed by atoms with van der Waals surface area (Å²) in [4.78, 5) is 13.1. The molecule has 0 spiro atoms. The number of nitrogens with zero attached hydrogens (tertiary/aromatic N) is 1. The molecule has 2 N–H and O–H groups in total. The third-order valence-electron chi connectivity index (χ3n) is 6.06. The summed E-state index contributed by atoms with van der Waals surface area (Å²) in [6.07, 6.45) is 6.25. The maximum absolute atomic E-state index is 13.1. The van der Waals surface area contributed by atoms with Gasteiger partial charge in [0.25, 0.3) is 0 Å². The van der Waals surface area contributed by atoms with Gasteiger partial charge in [-0.1, -0.05) is 6.07 Å². The van der Waals surface area contributed by atoms with E-state index in [9.17, 15) is 4.79 Å². The van der Waals surface area contributed by atoms with Gasteiger partial charge in [-0.25, -0.2) is 0 Å². The summed E-state index contributed by atoms with van der Waals surface area (Å²) in [6, 6.07) is 11.4. The van der Waals surface area contributed by atoms with Crippen LogP contribution in [0, 0.1) is 5.92 Å². The highest BCUT2D eigenvalue weighted by molar-refractivity contribution is 5.95. The number of aromatic amines is 1. The van der Waals surface area contributed by atoms with Crippen LogP contribution in [0.25, 0.3) is 11.1 Å². The molecule has 0 saturated carbocycles. The van der Waals surface area contributed by atoms with Crippen LogP contribution in [0.4, 0.5) is 5.69 Å². The average Bonchev–Trinajstić information content (AvgIpc) is 3.57. The lowest BCUT2D eigenvalue weighted by molar-refractivity contribution is -0.121. The van der Waals surface area contributed by atoms with Crippen LogP contribution in [0.2, 0.25) is 0 Å². The van der Waals surface area contributed by atoms with E-state index in [1.807, 2.05) is 42.6 Å². The fourth-order valence-corrected chi connectivity index (χ4v) is 4.19. The fraction of sp³-hybridized carbons (Fsp3) is 0.360. The molecule has 1 saturated heterocycles. The molecule has 2 aromatic carbocycles. The largest absolute Gasteiger partial charge is 0.497 e. The van der Waals surface area contributed by atoms with Gasteiger partial charge >= 0.3 is 0 Å². The van der Waals surface area contributed by atoms with Gasteiger partial charge in [0.05, 0.1) is 31.0 Å². The first-order valence-electron chi connectivity index (χ1n) is 11.2. The standard InChI is InChI=1S/C25H27N3O5/c1-30-20-5-7-23-17(10-20)9-18(14-32-23)25(29)28-22-6-4-16(19-12-26-27-13-19)11-24(22)33-15-21-3-2-8-31-21/h4-7,10-13,18,21H,2-3,8-9,14-15H2,1H3,(H,26,27)(H,28,29). The van der Waals surface area contributed by atoms with Gasteiger partial charge < -0.3 is 24.3 Å². The number of aromatic nitrogens is 2. The third-order valence-corrected chi connectivity index (χ3v) is 6.06. The van der Waals surface area contributed by atoms with Crippen LogP contribution in [-0.2, 0) is 16.0 Å². The molecule has 0 aliphatic carbocycles. The maximum Gasteiger partial charge on any atom is 0.231 e. The number of amides is 1. The Morgan fingerprint density at radius 3 is 2.97 bits per heavy atom. The lowest BCUT2D eigenvalue weighted by Crippen LogP contribution is -2.32. The van der Waals surface area contributed by atoms with E-state index in [1.54, 1.807) is 13.3 Å². The summed E-state index contributed by atoms with van der Waals surface area (Å²) in [5.74, 6) is 1.73. The Labute approximate surface area is 192 Å². The van der Waals surface area contributed by atoms with Crippen LogP contribution in [0.15, 0.2) is 48.8 Å². The lowest BCUT2D eigenvalue weighted by Gasteiger charge is -2.25. The number of rotatable bonds is 7. The molecule has 8 heteroatoms. The van der Waals surface area contributed by atoms with Crippen molar-refractivity contribution in [2.45, 2.75) is 25.4 Å². The van der Waals surface area contributed by atoms with Crippen molar-refractivity contribution in [3.63, 3.8) is 0 Å². The Morgan fingerprint density at radius 1 is 1.24 bits per heavy atom. The summed E-state index contributed by atoms with van der Waals surface area (Å²) >= 11 is 0. The minimum atomic E-state index is -0.316. The van der Waals surface area contributed by atoms with Gasteiger partial charge in [0.2, 0.25) is 5.91 Å². The summed E-state index contributed by atoms with van der Waals surface area (Å²) in [7, 11) is 1.63. The molecular weight excluding hydrogens is 422 g/mol. The van der Waals surface area contributed by atoms with E-state index in [2.05, 4.69) is 15.5 Å². The second-order valence-corrected chi connectivity index (χ2v) is 8.32. The number of fused-ring (bicyclic) bond motifs is 1. The van der Waals surface area contributed by atoms with Gasteiger partial charge in [-0.15, -0.1) is 0 Å². The summed E-state index contributed by atoms with van der Waals surface area (Å²) < 4.78 is 22.9. The normalized spacial score (nSPS) is 19.4. The molecule has 2 atom stereocenters. The minimum Gasteiger partial charge on any atom is -0.497 e. The average molecular weight is 450 g/mol. The van der Waals surface area contributed by atoms with Crippen LogP contribution >= 0.6 is 0 Å². The molecule has 3 aromatic rings. The lowest BCUT2D eigenvalue weighted by atomic mass is 9.95. The van der Waals surface area contributed by atoms with Crippen LogP contribution in [0.1, 0.15) is 18.4 Å². The minimum absolute atomic E-state index is 0.0735. The molecule has 3 heterocycles. The van der Waals surface area contributed by atoms with Gasteiger partial charge in [0.15, 0.2) is 0 Å². The molecule has 5 rings (SSSR count). The molecule has 33 heavy (non-hydrogen) atoms. The molecule has 2 unspecified atom stereocenters. The number of carbonyl (C=O) groups excluding carboxylic acids is 1. The molecule has 8 nitrogen and oxygen atoms in total. The predicted molar refractivity (Wildman–Crippen MR) is 123 cm³/mol. The second-order valence-electron chi connectivity index (χ2n) is 8.32. The molecule has 2 aliphatic rings. The van der Waals surface area contributed by atoms with E-state index >= 15 is 0 Å². The summed E-state index contributed by atoms with van der Waals surface area (Å²) in [6.45, 7) is 1.53. The molecular formula is C25H27N3O5.